The first-order chi connectivity index (χ1) is 8.91. The molecule has 1 heterocycles. The van der Waals surface area contributed by atoms with Crippen molar-refractivity contribution < 1.29 is 13.2 Å². The fourth-order valence-corrected chi connectivity index (χ4v) is 3.88. The number of thiazole rings is 1. The number of hydrogen-bond donors (Lipinski definition) is 1. The van der Waals surface area contributed by atoms with Crippen LogP contribution in [0.4, 0.5) is 13.2 Å². The summed E-state index contributed by atoms with van der Waals surface area (Å²) in [7, 11) is 1.89. The first-order valence-corrected chi connectivity index (χ1v) is 7.41. The van der Waals surface area contributed by atoms with E-state index in [0.29, 0.717) is 11.8 Å². The minimum absolute atomic E-state index is 0.213. The van der Waals surface area contributed by atoms with Crippen LogP contribution in [0.15, 0.2) is 6.20 Å². The van der Waals surface area contributed by atoms with Gasteiger partial charge in [-0.25, -0.2) is 4.98 Å². The Morgan fingerprint density at radius 2 is 2.16 bits per heavy atom. The lowest BCUT2D eigenvalue weighted by Crippen LogP contribution is -2.29. The summed E-state index contributed by atoms with van der Waals surface area (Å²) in [6, 6.07) is 0. The molecule has 0 amide bonds. The average molecular weight is 292 g/mol. The average Bonchev–Trinajstić information content (AvgIpc) is 2.80. The summed E-state index contributed by atoms with van der Waals surface area (Å²) in [4.78, 5) is 4.35. The summed E-state index contributed by atoms with van der Waals surface area (Å²) in [6.07, 6.45) is 0.312. The van der Waals surface area contributed by atoms with E-state index in [1.807, 2.05) is 7.05 Å². The van der Waals surface area contributed by atoms with Crippen LogP contribution in [0.5, 0.6) is 0 Å². The van der Waals surface area contributed by atoms with Crippen molar-refractivity contribution in [3.8, 4) is 0 Å². The van der Waals surface area contributed by atoms with E-state index in [1.165, 1.54) is 6.20 Å². The Hall–Kier alpha value is -0.620. The number of rotatable bonds is 3. The topological polar surface area (TPSA) is 24.9 Å². The molecule has 19 heavy (non-hydrogen) atoms. The number of nitrogens with one attached hydrogen (secondary N) is 1. The number of hydrogen-bond acceptors (Lipinski definition) is 3. The maximum atomic E-state index is 12.6. The molecule has 0 aromatic carbocycles. The molecule has 1 aliphatic rings. The number of alkyl halides is 3. The third kappa shape index (κ3) is 3.48. The van der Waals surface area contributed by atoms with Crippen LogP contribution in [0.25, 0.3) is 0 Å². The van der Waals surface area contributed by atoms with Crippen LogP contribution in [0.2, 0.25) is 0 Å². The standard InChI is InChI=1S/C13H19F3N2S/c1-8-3-4-9(6-17-2)10(5-8)11-7-18-12(19-11)13(14,15)16/h7-10,17H,3-6H2,1-2H3. The zero-order valence-electron chi connectivity index (χ0n) is 11.1. The summed E-state index contributed by atoms with van der Waals surface area (Å²) in [6.45, 7) is 3.03. The van der Waals surface area contributed by atoms with E-state index >= 15 is 0 Å². The monoisotopic (exact) mass is 292 g/mol. The molecule has 2 rings (SSSR count). The highest BCUT2D eigenvalue weighted by Crippen LogP contribution is 2.44. The van der Waals surface area contributed by atoms with Crippen molar-refractivity contribution in [3.63, 3.8) is 0 Å². The number of nitrogens with zero attached hydrogens (tertiary/aromatic N) is 1. The molecule has 6 heteroatoms. The van der Waals surface area contributed by atoms with Crippen molar-refractivity contribution in [2.75, 3.05) is 13.6 Å². The molecule has 3 atom stereocenters. The van der Waals surface area contributed by atoms with Crippen LogP contribution < -0.4 is 5.32 Å². The summed E-state index contributed by atoms with van der Waals surface area (Å²) < 4.78 is 37.9. The van der Waals surface area contributed by atoms with Gasteiger partial charge in [0, 0.05) is 11.1 Å². The predicted molar refractivity (Wildman–Crippen MR) is 70.3 cm³/mol. The maximum Gasteiger partial charge on any atom is 0.443 e. The normalized spacial score (nSPS) is 28.6. The van der Waals surface area contributed by atoms with Crippen molar-refractivity contribution >= 4 is 11.3 Å². The van der Waals surface area contributed by atoms with Gasteiger partial charge >= 0.3 is 6.18 Å². The van der Waals surface area contributed by atoms with E-state index in [2.05, 4.69) is 17.2 Å². The van der Waals surface area contributed by atoms with Gasteiger partial charge in [0.05, 0.1) is 0 Å². The van der Waals surface area contributed by atoms with E-state index in [0.717, 1.165) is 42.0 Å². The van der Waals surface area contributed by atoms with Gasteiger partial charge < -0.3 is 5.32 Å². The molecule has 108 valence electrons. The number of aromatic nitrogens is 1. The molecule has 1 aromatic rings. The van der Waals surface area contributed by atoms with Gasteiger partial charge in [-0.05, 0) is 44.2 Å². The molecule has 1 N–H and O–H groups in total. The smallest absolute Gasteiger partial charge is 0.319 e. The van der Waals surface area contributed by atoms with E-state index < -0.39 is 11.2 Å². The summed E-state index contributed by atoms with van der Waals surface area (Å²) in [5, 5.41) is 2.43. The van der Waals surface area contributed by atoms with E-state index in [1.54, 1.807) is 0 Å². The van der Waals surface area contributed by atoms with Gasteiger partial charge in [0.2, 0.25) is 0 Å². The lowest BCUT2D eigenvalue weighted by molar-refractivity contribution is -0.137. The lowest BCUT2D eigenvalue weighted by Gasteiger charge is -2.34. The largest absolute Gasteiger partial charge is 0.443 e. The molecule has 0 saturated heterocycles. The first kappa shape index (κ1) is 14.8. The van der Waals surface area contributed by atoms with Gasteiger partial charge in [0.1, 0.15) is 0 Å². The Labute approximate surface area is 115 Å². The highest BCUT2D eigenvalue weighted by molar-refractivity contribution is 7.11. The van der Waals surface area contributed by atoms with Crippen LogP contribution in [0.3, 0.4) is 0 Å². The Balaban J connectivity index is 2.19. The quantitative estimate of drug-likeness (QED) is 0.914. The SMILES string of the molecule is CNCC1CCC(C)CC1c1cnc(C(F)(F)F)s1. The minimum atomic E-state index is -4.32. The second-order valence-electron chi connectivity index (χ2n) is 5.41. The molecular weight excluding hydrogens is 273 g/mol. The van der Waals surface area contributed by atoms with Crippen molar-refractivity contribution in [2.24, 2.45) is 11.8 Å². The van der Waals surface area contributed by atoms with Crippen molar-refractivity contribution in [3.05, 3.63) is 16.1 Å². The molecule has 1 fully saturated rings. The molecule has 3 unspecified atom stereocenters. The third-order valence-corrected chi connectivity index (χ3v) is 5.03. The Morgan fingerprint density at radius 1 is 1.42 bits per heavy atom. The molecule has 1 aromatic heterocycles. The van der Waals surface area contributed by atoms with Gasteiger partial charge in [0.25, 0.3) is 0 Å². The lowest BCUT2D eigenvalue weighted by atomic mass is 9.74. The molecule has 1 saturated carbocycles. The van der Waals surface area contributed by atoms with E-state index in [4.69, 9.17) is 0 Å². The molecule has 2 nitrogen and oxygen atoms in total. The third-order valence-electron chi connectivity index (χ3n) is 3.85. The van der Waals surface area contributed by atoms with Crippen molar-refractivity contribution in [2.45, 2.75) is 38.3 Å². The molecule has 0 radical (unpaired) electrons. The zero-order chi connectivity index (χ0) is 14.0. The molecule has 0 bridgehead atoms. The van der Waals surface area contributed by atoms with Crippen LogP contribution >= 0.6 is 11.3 Å². The van der Waals surface area contributed by atoms with Crippen LogP contribution in [0.1, 0.15) is 42.0 Å². The van der Waals surface area contributed by atoms with Crippen LogP contribution in [-0.4, -0.2) is 18.6 Å². The zero-order valence-corrected chi connectivity index (χ0v) is 11.9. The van der Waals surface area contributed by atoms with Gasteiger partial charge in [-0.3, -0.25) is 0 Å². The number of halogens is 3. The van der Waals surface area contributed by atoms with Gasteiger partial charge in [-0.15, -0.1) is 11.3 Å². The highest BCUT2D eigenvalue weighted by Gasteiger charge is 2.37. The second-order valence-corrected chi connectivity index (χ2v) is 6.47. The van der Waals surface area contributed by atoms with E-state index in [9.17, 15) is 13.2 Å². The Kier molecular flexibility index (Phi) is 4.50. The first-order valence-electron chi connectivity index (χ1n) is 6.59. The fraction of sp³-hybridized carbons (Fsp3) is 0.769. The fourth-order valence-electron chi connectivity index (χ4n) is 2.89. The maximum absolute atomic E-state index is 12.6. The van der Waals surface area contributed by atoms with Crippen LogP contribution in [-0.2, 0) is 6.18 Å². The molecule has 0 spiro atoms. The minimum Gasteiger partial charge on any atom is -0.319 e. The molecule has 1 aliphatic carbocycles. The highest BCUT2D eigenvalue weighted by atomic mass is 32.1. The van der Waals surface area contributed by atoms with Crippen LogP contribution in [0, 0.1) is 11.8 Å². The summed E-state index contributed by atoms with van der Waals surface area (Å²) in [5.74, 6) is 1.21. The van der Waals surface area contributed by atoms with Gasteiger partial charge in [-0.1, -0.05) is 13.3 Å². The van der Waals surface area contributed by atoms with Gasteiger partial charge in [-0.2, -0.15) is 13.2 Å². The summed E-state index contributed by atoms with van der Waals surface area (Å²) >= 11 is 0.814. The van der Waals surface area contributed by atoms with E-state index in [-0.39, 0.29) is 5.92 Å². The Morgan fingerprint density at radius 3 is 2.74 bits per heavy atom. The Bertz CT molecular complexity index is 416. The van der Waals surface area contributed by atoms with Gasteiger partial charge in [0.15, 0.2) is 5.01 Å². The predicted octanol–water partition coefficient (Wildman–Crippen LogP) is 3.90. The summed E-state index contributed by atoms with van der Waals surface area (Å²) in [5.41, 5.74) is 0. The van der Waals surface area contributed by atoms with Crippen molar-refractivity contribution in [1.82, 2.24) is 10.3 Å². The molecular formula is C13H19F3N2S. The van der Waals surface area contributed by atoms with Crippen molar-refractivity contribution in [1.29, 1.82) is 0 Å². The second kappa shape index (κ2) is 5.79. The molecule has 0 aliphatic heterocycles.